The second-order valence-corrected chi connectivity index (χ2v) is 4.66. The van der Waals surface area contributed by atoms with E-state index in [0.29, 0.717) is 13.0 Å². The van der Waals surface area contributed by atoms with E-state index in [1.54, 1.807) is 0 Å². The molecule has 1 fully saturated rings. The quantitative estimate of drug-likeness (QED) is 0.647. The zero-order chi connectivity index (χ0) is 10.9. The summed E-state index contributed by atoms with van der Waals surface area (Å²) in [6.45, 7) is 3.25. The molecule has 2 nitrogen and oxygen atoms in total. The lowest BCUT2D eigenvalue weighted by Gasteiger charge is -2.20. The van der Waals surface area contributed by atoms with Crippen LogP contribution in [-0.4, -0.2) is 19.0 Å². The topological polar surface area (TPSA) is 26.3 Å². The summed E-state index contributed by atoms with van der Waals surface area (Å²) in [6, 6.07) is 0. The van der Waals surface area contributed by atoms with E-state index in [-0.39, 0.29) is 5.78 Å². The van der Waals surface area contributed by atoms with Crippen LogP contribution in [0.15, 0.2) is 0 Å². The highest BCUT2D eigenvalue weighted by Gasteiger charge is 2.13. The standard InChI is InChI=1S/C13H24O2/c1-2-3-9-13(14)11-15-10-12-7-5-4-6-8-12/h12H,2-11H2,1H3. The number of carbonyl (C=O) groups is 1. The molecule has 1 rings (SSSR count). The second kappa shape index (κ2) is 7.86. The third-order valence-corrected chi connectivity index (χ3v) is 3.15. The summed E-state index contributed by atoms with van der Waals surface area (Å²) < 4.78 is 5.48. The molecule has 0 aromatic carbocycles. The van der Waals surface area contributed by atoms with Crippen LogP contribution in [0.25, 0.3) is 0 Å². The monoisotopic (exact) mass is 212 g/mol. The smallest absolute Gasteiger partial charge is 0.158 e. The van der Waals surface area contributed by atoms with Gasteiger partial charge in [-0.2, -0.15) is 0 Å². The maximum atomic E-state index is 11.3. The summed E-state index contributed by atoms with van der Waals surface area (Å²) in [5.74, 6) is 0.991. The molecule has 0 radical (unpaired) electrons. The van der Waals surface area contributed by atoms with Gasteiger partial charge < -0.3 is 4.74 Å². The van der Waals surface area contributed by atoms with E-state index in [4.69, 9.17) is 4.74 Å². The Morgan fingerprint density at radius 2 is 2.00 bits per heavy atom. The van der Waals surface area contributed by atoms with E-state index in [2.05, 4.69) is 6.92 Å². The van der Waals surface area contributed by atoms with Gasteiger partial charge in [0, 0.05) is 13.0 Å². The zero-order valence-corrected chi connectivity index (χ0v) is 9.96. The van der Waals surface area contributed by atoms with Crippen LogP contribution in [0.3, 0.4) is 0 Å². The molecule has 0 amide bonds. The van der Waals surface area contributed by atoms with Crippen molar-refractivity contribution in [3.63, 3.8) is 0 Å². The number of ketones is 1. The highest BCUT2D eigenvalue weighted by molar-refractivity contribution is 5.79. The van der Waals surface area contributed by atoms with Gasteiger partial charge in [-0.15, -0.1) is 0 Å². The molecule has 15 heavy (non-hydrogen) atoms. The van der Waals surface area contributed by atoms with Gasteiger partial charge in [0.1, 0.15) is 6.61 Å². The lowest BCUT2D eigenvalue weighted by molar-refractivity contribution is -0.124. The predicted octanol–water partition coefficient (Wildman–Crippen LogP) is 3.34. The molecule has 0 unspecified atom stereocenters. The number of unbranched alkanes of at least 4 members (excludes halogenated alkanes) is 1. The first kappa shape index (κ1) is 12.7. The van der Waals surface area contributed by atoms with Crippen LogP contribution in [0, 0.1) is 5.92 Å². The molecule has 0 saturated heterocycles. The average molecular weight is 212 g/mol. The van der Waals surface area contributed by atoms with Crippen molar-refractivity contribution in [3.05, 3.63) is 0 Å². The van der Waals surface area contributed by atoms with Gasteiger partial charge in [0.2, 0.25) is 0 Å². The Labute approximate surface area is 93.4 Å². The Morgan fingerprint density at radius 1 is 1.27 bits per heavy atom. The van der Waals surface area contributed by atoms with Gasteiger partial charge in [-0.05, 0) is 25.2 Å². The first-order valence-corrected chi connectivity index (χ1v) is 6.42. The summed E-state index contributed by atoms with van der Waals surface area (Å²) >= 11 is 0. The van der Waals surface area contributed by atoms with Crippen LogP contribution in [0.5, 0.6) is 0 Å². The van der Waals surface area contributed by atoms with Gasteiger partial charge in [-0.25, -0.2) is 0 Å². The minimum Gasteiger partial charge on any atom is -0.373 e. The second-order valence-electron chi connectivity index (χ2n) is 4.66. The summed E-state index contributed by atoms with van der Waals surface area (Å²) in [5, 5.41) is 0. The molecule has 1 aliphatic rings. The SMILES string of the molecule is CCCCC(=O)COCC1CCCCC1. The first-order chi connectivity index (χ1) is 7.33. The summed E-state index contributed by atoms with van der Waals surface area (Å²) in [5.41, 5.74) is 0. The molecule has 0 spiro atoms. The molecule has 0 bridgehead atoms. The number of carbonyl (C=O) groups excluding carboxylic acids is 1. The van der Waals surface area contributed by atoms with Crippen LogP contribution in [0.4, 0.5) is 0 Å². The molecule has 0 heterocycles. The Morgan fingerprint density at radius 3 is 2.67 bits per heavy atom. The molecular weight excluding hydrogens is 188 g/mol. The van der Waals surface area contributed by atoms with Gasteiger partial charge in [0.25, 0.3) is 0 Å². The van der Waals surface area contributed by atoms with Gasteiger partial charge in [-0.1, -0.05) is 32.6 Å². The number of Topliss-reactive ketones (excluding diaryl/α,β-unsaturated/α-hetero) is 1. The Hall–Kier alpha value is -0.370. The summed E-state index contributed by atoms with van der Waals surface area (Å²) in [6.07, 6.45) is 9.45. The van der Waals surface area contributed by atoms with Crippen molar-refractivity contribution in [2.24, 2.45) is 5.92 Å². The van der Waals surface area contributed by atoms with Crippen LogP contribution < -0.4 is 0 Å². The molecule has 0 aliphatic heterocycles. The first-order valence-electron chi connectivity index (χ1n) is 6.42. The molecule has 0 aromatic rings. The summed E-state index contributed by atoms with van der Waals surface area (Å²) in [7, 11) is 0. The molecule has 1 saturated carbocycles. The van der Waals surface area contributed by atoms with Crippen molar-refractivity contribution in [3.8, 4) is 0 Å². The number of hydrogen-bond donors (Lipinski definition) is 0. The van der Waals surface area contributed by atoms with Crippen LogP contribution in [0.1, 0.15) is 58.3 Å². The largest absolute Gasteiger partial charge is 0.373 e. The molecule has 0 aromatic heterocycles. The van der Waals surface area contributed by atoms with E-state index >= 15 is 0 Å². The number of ether oxygens (including phenoxy) is 1. The molecule has 1 aliphatic carbocycles. The van der Waals surface area contributed by atoms with Gasteiger partial charge in [0.15, 0.2) is 5.78 Å². The van der Waals surface area contributed by atoms with Crippen molar-refractivity contribution in [1.29, 1.82) is 0 Å². The van der Waals surface area contributed by atoms with Crippen LogP contribution in [-0.2, 0) is 9.53 Å². The van der Waals surface area contributed by atoms with E-state index in [1.807, 2.05) is 0 Å². The molecule has 0 N–H and O–H groups in total. The van der Waals surface area contributed by atoms with Crippen LogP contribution >= 0.6 is 0 Å². The van der Waals surface area contributed by atoms with E-state index in [0.717, 1.165) is 25.4 Å². The van der Waals surface area contributed by atoms with Crippen molar-refractivity contribution >= 4 is 5.78 Å². The normalized spacial score (nSPS) is 17.9. The fourth-order valence-electron chi connectivity index (χ4n) is 2.14. The van der Waals surface area contributed by atoms with Gasteiger partial charge >= 0.3 is 0 Å². The Bertz CT molecular complexity index is 171. The fraction of sp³-hybridized carbons (Fsp3) is 0.923. The highest BCUT2D eigenvalue weighted by Crippen LogP contribution is 2.23. The average Bonchev–Trinajstić information content (AvgIpc) is 2.28. The minimum absolute atomic E-state index is 0.271. The number of hydrogen-bond acceptors (Lipinski definition) is 2. The van der Waals surface area contributed by atoms with E-state index in [1.165, 1.54) is 32.1 Å². The van der Waals surface area contributed by atoms with Crippen molar-refractivity contribution in [2.45, 2.75) is 58.3 Å². The molecule has 2 heteroatoms. The van der Waals surface area contributed by atoms with E-state index in [9.17, 15) is 4.79 Å². The predicted molar refractivity (Wildman–Crippen MR) is 61.9 cm³/mol. The zero-order valence-electron chi connectivity index (χ0n) is 9.96. The van der Waals surface area contributed by atoms with Crippen LogP contribution in [0.2, 0.25) is 0 Å². The van der Waals surface area contributed by atoms with Gasteiger partial charge in [-0.3, -0.25) is 4.79 Å². The third-order valence-electron chi connectivity index (χ3n) is 3.15. The van der Waals surface area contributed by atoms with Gasteiger partial charge in [0.05, 0.1) is 0 Å². The lowest BCUT2D eigenvalue weighted by Crippen LogP contribution is -2.17. The van der Waals surface area contributed by atoms with Crippen molar-refractivity contribution in [2.75, 3.05) is 13.2 Å². The highest BCUT2D eigenvalue weighted by atomic mass is 16.5. The fourth-order valence-corrected chi connectivity index (χ4v) is 2.14. The van der Waals surface area contributed by atoms with E-state index < -0.39 is 0 Å². The maximum absolute atomic E-state index is 11.3. The molecule has 0 atom stereocenters. The Kier molecular flexibility index (Phi) is 6.66. The number of rotatable bonds is 7. The lowest BCUT2D eigenvalue weighted by atomic mass is 9.90. The molecule has 88 valence electrons. The third kappa shape index (κ3) is 5.93. The Balaban J connectivity index is 1.97. The molecular formula is C13H24O2. The maximum Gasteiger partial charge on any atom is 0.158 e. The minimum atomic E-state index is 0.271. The summed E-state index contributed by atoms with van der Waals surface area (Å²) in [4.78, 5) is 11.3. The van der Waals surface area contributed by atoms with Crippen molar-refractivity contribution in [1.82, 2.24) is 0 Å². The van der Waals surface area contributed by atoms with Crippen molar-refractivity contribution < 1.29 is 9.53 Å².